The van der Waals surface area contributed by atoms with Gasteiger partial charge in [0.2, 0.25) is 5.91 Å². The van der Waals surface area contributed by atoms with E-state index in [0.29, 0.717) is 11.4 Å². The number of hydrogen-bond acceptors (Lipinski definition) is 3. The first-order chi connectivity index (χ1) is 8.95. The molecule has 0 saturated carbocycles. The van der Waals surface area contributed by atoms with Gasteiger partial charge in [-0.1, -0.05) is 27.2 Å². The van der Waals surface area contributed by atoms with E-state index >= 15 is 0 Å². The van der Waals surface area contributed by atoms with Crippen LogP contribution in [0, 0.1) is 5.92 Å². The molecule has 0 radical (unpaired) electrons. The summed E-state index contributed by atoms with van der Waals surface area (Å²) in [5.74, 6) is -0.377. The summed E-state index contributed by atoms with van der Waals surface area (Å²) in [6, 6.07) is -0.505. The van der Waals surface area contributed by atoms with Crippen LogP contribution in [0.4, 0.5) is 5.69 Å². The second kappa shape index (κ2) is 5.03. The highest BCUT2D eigenvalue weighted by molar-refractivity contribution is 6.09. The standard InChI is InChI=1S/C13H20N4O2/c1-5-6-8-10-11(17(4)16-8)13(19)14-9(7(2)3)12(18)15-10/h7,9H,5-6H2,1-4H3,(H,14,19)(H,15,18). The van der Waals surface area contributed by atoms with Gasteiger partial charge >= 0.3 is 0 Å². The highest BCUT2D eigenvalue weighted by atomic mass is 16.2. The molecule has 1 aliphatic rings. The Morgan fingerprint density at radius 3 is 2.63 bits per heavy atom. The van der Waals surface area contributed by atoms with E-state index in [9.17, 15) is 9.59 Å². The number of nitrogens with one attached hydrogen (secondary N) is 2. The molecule has 1 atom stereocenters. The van der Waals surface area contributed by atoms with Crippen LogP contribution in [0.15, 0.2) is 0 Å². The van der Waals surface area contributed by atoms with Crippen molar-refractivity contribution in [3.8, 4) is 0 Å². The molecule has 0 bridgehead atoms. The number of carbonyl (C=O) groups excluding carboxylic acids is 2. The molecule has 0 saturated heterocycles. The average molecular weight is 264 g/mol. The molecule has 2 N–H and O–H groups in total. The van der Waals surface area contributed by atoms with Crippen molar-refractivity contribution in [1.82, 2.24) is 15.1 Å². The Balaban J connectivity index is 2.45. The van der Waals surface area contributed by atoms with E-state index in [-0.39, 0.29) is 17.7 Å². The summed E-state index contributed by atoms with van der Waals surface area (Å²) < 4.78 is 1.54. The van der Waals surface area contributed by atoms with Gasteiger partial charge in [0.1, 0.15) is 11.7 Å². The molecule has 2 heterocycles. The zero-order chi connectivity index (χ0) is 14.2. The SMILES string of the molecule is CCCc1nn(C)c2c1NC(=O)C(C(C)C)NC2=O. The Bertz CT molecular complexity index is 519. The highest BCUT2D eigenvalue weighted by Crippen LogP contribution is 2.25. The van der Waals surface area contributed by atoms with Crippen LogP contribution in [0.2, 0.25) is 0 Å². The molecule has 0 aromatic carbocycles. The fourth-order valence-electron chi connectivity index (χ4n) is 2.33. The van der Waals surface area contributed by atoms with E-state index < -0.39 is 6.04 Å². The zero-order valence-corrected chi connectivity index (χ0v) is 11.8. The molecule has 6 nitrogen and oxygen atoms in total. The molecule has 19 heavy (non-hydrogen) atoms. The molecule has 1 aromatic rings. The molecule has 2 amide bonds. The van der Waals surface area contributed by atoms with E-state index in [4.69, 9.17) is 0 Å². The van der Waals surface area contributed by atoms with Crippen molar-refractivity contribution < 1.29 is 9.59 Å². The molecule has 0 fully saturated rings. The minimum absolute atomic E-state index is 0.0425. The third-order valence-corrected chi connectivity index (χ3v) is 3.31. The number of hydrogen-bond donors (Lipinski definition) is 2. The molecule has 1 unspecified atom stereocenters. The summed E-state index contributed by atoms with van der Waals surface area (Å²) in [5.41, 5.74) is 1.77. The number of rotatable bonds is 3. The zero-order valence-electron chi connectivity index (χ0n) is 11.8. The maximum Gasteiger partial charge on any atom is 0.272 e. The maximum absolute atomic E-state index is 12.2. The van der Waals surface area contributed by atoms with Gasteiger partial charge in [0.25, 0.3) is 5.91 Å². The third-order valence-electron chi connectivity index (χ3n) is 3.31. The summed E-state index contributed by atoms with van der Waals surface area (Å²) in [6.07, 6.45) is 1.65. The van der Waals surface area contributed by atoms with Crippen LogP contribution >= 0.6 is 0 Å². The summed E-state index contributed by atoms with van der Waals surface area (Å²) in [4.78, 5) is 24.4. The van der Waals surface area contributed by atoms with E-state index in [2.05, 4.69) is 15.7 Å². The number of nitrogens with zero attached hydrogens (tertiary/aromatic N) is 2. The van der Waals surface area contributed by atoms with Gasteiger partial charge in [0.05, 0.1) is 11.4 Å². The van der Waals surface area contributed by atoms with Gasteiger partial charge in [-0.3, -0.25) is 14.3 Å². The summed E-state index contributed by atoms with van der Waals surface area (Å²) in [7, 11) is 1.72. The lowest BCUT2D eigenvalue weighted by Gasteiger charge is -2.18. The normalized spacial score (nSPS) is 18.9. The fourth-order valence-corrected chi connectivity index (χ4v) is 2.33. The smallest absolute Gasteiger partial charge is 0.272 e. The number of carbonyl (C=O) groups is 2. The minimum atomic E-state index is -0.505. The number of anilines is 1. The predicted molar refractivity (Wildman–Crippen MR) is 71.9 cm³/mol. The third kappa shape index (κ3) is 2.34. The quantitative estimate of drug-likeness (QED) is 0.857. The van der Waals surface area contributed by atoms with Crippen LogP contribution < -0.4 is 10.6 Å². The van der Waals surface area contributed by atoms with Gasteiger partial charge in [-0.05, 0) is 12.3 Å². The second-order valence-electron chi connectivity index (χ2n) is 5.23. The van der Waals surface area contributed by atoms with E-state index in [1.165, 1.54) is 0 Å². The minimum Gasteiger partial charge on any atom is -0.339 e. The summed E-state index contributed by atoms with van der Waals surface area (Å²) >= 11 is 0. The van der Waals surface area contributed by atoms with Gasteiger partial charge in [0.15, 0.2) is 0 Å². The second-order valence-corrected chi connectivity index (χ2v) is 5.23. The van der Waals surface area contributed by atoms with Crippen LogP contribution in [0.3, 0.4) is 0 Å². The van der Waals surface area contributed by atoms with Crippen molar-refractivity contribution >= 4 is 17.5 Å². The van der Waals surface area contributed by atoms with Gasteiger partial charge in [-0.15, -0.1) is 0 Å². The highest BCUT2D eigenvalue weighted by Gasteiger charge is 2.33. The average Bonchev–Trinajstić information content (AvgIpc) is 2.53. The van der Waals surface area contributed by atoms with Crippen molar-refractivity contribution in [2.24, 2.45) is 13.0 Å². The van der Waals surface area contributed by atoms with E-state index in [1.807, 2.05) is 20.8 Å². The molecule has 1 aliphatic heterocycles. The summed E-state index contributed by atoms with van der Waals surface area (Å²) in [6.45, 7) is 5.86. The van der Waals surface area contributed by atoms with E-state index in [0.717, 1.165) is 18.5 Å². The Labute approximate surface area is 112 Å². The first-order valence-corrected chi connectivity index (χ1v) is 6.63. The lowest BCUT2D eigenvalue weighted by molar-refractivity contribution is -0.118. The van der Waals surface area contributed by atoms with Gasteiger partial charge in [0, 0.05) is 7.05 Å². The molecule has 0 aliphatic carbocycles. The van der Waals surface area contributed by atoms with Crippen LogP contribution in [-0.2, 0) is 18.3 Å². The monoisotopic (exact) mass is 264 g/mol. The Morgan fingerprint density at radius 1 is 1.37 bits per heavy atom. The molecular weight excluding hydrogens is 244 g/mol. The van der Waals surface area contributed by atoms with Crippen molar-refractivity contribution in [3.05, 3.63) is 11.4 Å². The van der Waals surface area contributed by atoms with Gasteiger partial charge < -0.3 is 10.6 Å². The number of fused-ring (bicyclic) bond motifs is 1. The van der Waals surface area contributed by atoms with Gasteiger partial charge in [-0.2, -0.15) is 5.10 Å². The van der Waals surface area contributed by atoms with Crippen molar-refractivity contribution in [1.29, 1.82) is 0 Å². The fraction of sp³-hybridized carbons (Fsp3) is 0.615. The number of aryl methyl sites for hydroxylation is 2. The van der Waals surface area contributed by atoms with Crippen LogP contribution in [-0.4, -0.2) is 27.6 Å². The topological polar surface area (TPSA) is 76.0 Å². The largest absolute Gasteiger partial charge is 0.339 e. The molecular formula is C13H20N4O2. The van der Waals surface area contributed by atoms with Gasteiger partial charge in [-0.25, -0.2) is 0 Å². The van der Waals surface area contributed by atoms with Crippen LogP contribution in [0.1, 0.15) is 43.4 Å². The van der Waals surface area contributed by atoms with Crippen molar-refractivity contribution in [2.45, 2.75) is 39.7 Å². The molecule has 6 heteroatoms. The predicted octanol–water partition coefficient (Wildman–Crippen LogP) is 1.08. The lowest BCUT2D eigenvalue weighted by atomic mass is 10.0. The Kier molecular flexibility index (Phi) is 3.59. The van der Waals surface area contributed by atoms with Crippen LogP contribution in [0.25, 0.3) is 0 Å². The molecule has 104 valence electrons. The molecule has 2 rings (SSSR count). The van der Waals surface area contributed by atoms with Crippen molar-refractivity contribution in [2.75, 3.05) is 5.32 Å². The first-order valence-electron chi connectivity index (χ1n) is 6.63. The lowest BCUT2D eigenvalue weighted by Crippen LogP contribution is -2.45. The maximum atomic E-state index is 12.2. The van der Waals surface area contributed by atoms with E-state index in [1.54, 1.807) is 11.7 Å². The van der Waals surface area contributed by atoms with Crippen molar-refractivity contribution in [3.63, 3.8) is 0 Å². The number of aromatic nitrogens is 2. The summed E-state index contributed by atoms with van der Waals surface area (Å²) in [5, 5.41) is 9.94. The number of amides is 2. The van der Waals surface area contributed by atoms with Crippen LogP contribution in [0.5, 0.6) is 0 Å². The Morgan fingerprint density at radius 2 is 2.05 bits per heavy atom. The molecule has 1 aromatic heterocycles. The Hall–Kier alpha value is -1.85. The first kappa shape index (κ1) is 13.6. The molecule has 0 spiro atoms.